The fourth-order valence-corrected chi connectivity index (χ4v) is 3.63. The minimum Gasteiger partial charge on any atom is -0.459 e. The van der Waals surface area contributed by atoms with Crippen LogP contribution in [0.4, 0.5) is 0 Å². The van der Waals surface area contributed by atoms with Gasteiger partial charge in [0.1, 0.15) is 16.9 Å². The van der Waals surface area contributed by atoms with E-state index in [4.69, 9.17) is 9.47 Å². The molecule has 2 aliphatic heterocycles. The Kier molecular flexibility index (Phi) is 4.37. The SMILES string of the molecule is C[C@H](c1ccccc1)N1C[C@]2(C(=O)OC(C)(C)C)COC(O)C2C1=O. The van der Waals surface area contributed by atoms with E-state index < -0.39 is 29.2 Å². The second kappa shape index (κ2) is 6.11. The van der Waals surface area contributed by atoms with Crippen LogP contribution in [0.2, 0.25) is 0 Å². The van der Waals surface area contributed by atoms with Gasteiger partial charge in [0.25, 0.3) is 0 Å². The number of hydrogen-bond donors (Lipinski definition) is 1. The minimum atomic E-state index is -1.28. The molecule has 1 amide bonds. The van der Waals surface area contributed by atoms with Crippen LogP contribution in [0.3, 0.4) is 0 Å². The van der Waals surface area contributed by atoms with Crippen molar-refractivity contribution in [2.45, 2.75) is 45.6 Å². The molecule has 0 aliphatic carbocycles. The Bertz CT molecular complexity index is 668. The van der Waals surface area contributed by atoms with Gasteiger partial charge in [-0.05, 0) is 33.3 Å². The molecule has 2 saturated heterocycles. The highest BCUT2D eigenvalue weighted by Crippen LogP contribution is 2.48. The number of benzene rings is 1. The summed E-state index contributed by atoms with van der Waals surface area (Å²) >= 11 is 0. The first-order valence-electron chi connectivity index (χ1n) is 8.54. The smallest absolute Gasteiger partial charge is 0.317 e. The van der Waals surface area contributed by atoms with Crippen LogP contribution in [0.5, 0.6) is 0 Å². The first-order chi connectivity index (χ1) is 11.7. The van der Waals surface area contributed by atoms with E-state index in [-0.39, 0.29) is 25.1 Å². The molecule has 2 heterocycles. The third-order valence-electron chi connectivity index (χ3n) is 4.95. The maximum absolute atomic E-state index is 13.0. The third-order valence-corrected chi connectivity index (χ3v) is 4.95. The summed E-state index contributed by atoms with van der Waals surface area (Å²) in [6.45, 7) is 7.43. The number of nitrogens with zero attached hydrogens (tertiary/aromatic N) is 1. The Labute approximate surface area is 147 Å². The first kappa shape index (κ1) is 17.9. The van der Waals surface area contributed by atoms with E-state index in [1.807, 2.05) is 37.3 Å². The predicted molar refractivity (Wildman–Crippen MR) is 90.3 cm³/mol. The van der Waals surface area contributed by atoms with Crippen molar-refractivity contribution in [1.29, 1.82) is 0 Å². The van der Waals surface area contributed by atoms with Crippen LogP contribution in [0.15, 0.2) is 30.3 Å². The van der Waals surface area contributed by atoms with E-state index in [2.05, 4.69) is 0 Å². The van der Waals surface area contributed by atoms with Gasteiger partial charge in [0.15, 0.2) is 6.29 Å². The molecule has 4 atom stereocenters. The van der Waals surface area contributed by atoms with Gasteiger partial charge < -0.3 is 19.5 Å². The van der Waals surface area contributed by atoms with Crippen LogP contribution in [0.1, 0.15) is 39.3 Å². The van der Waals surface area contributed by atoms with Gasteiger partial charge >= 0.3 is 5.97 Å². The zero-order valence-corrected chi connectivity index (χ0v) is 15.1. The molecule has 1 N–H and O–H groups in total. The van der Waals surface area contributed by atoms with Crippen LogP contribution >= 0.6 is 0 Å². The number of likely N-dealkylation sites (tertiary alicyclic amines) is 1. The molecule has 6 nitrogen and oxygen atoms in total. The zero-order valence-electron chi connectivity index (χ0n) is 15.1. The van der Waals surface area contributed by atoms with E-state index in [1.165, 1.54) is 0 Å². The fraction of sp³-hybridized carbons (Fsp3) is 0.579. The van der Waals surface area contributed by atoms with Crippen LogP contribution in [-0.2, 0) is 19.1 Å². The Balaban J connectivity index is 1.91. The molecule has 0 aromatic heterocycles. The van der Waals surface area contributed by atoms with Crippen LogP contribution in [-0.4, -0.2) is 46.9 Å². The van der Waals surface area contributed by atoms with Crippen molar-refractivity contribution in [3.05, 3.63) is 35.9 Å². The van der Waals surface area contributed by atoms with Crippen LogP contribution in [0, 0.1) is 11.3 Å². The summed E-state index contributed by atoms with van der Waals surface area (Å²) in [5.41, 5.74) is -0.858. The van der Waals surface area contributed by atoms with E-state index in [0.717, 1.165) is 5.56 Å². The number of aliphatic hydroxyl groups excluding tert-OH is 1. The molecule has 1 aromatic carbocycles. The second-order valence-corrected chi connectivity index (χ2v) is 7.89. The second-order valence-electron chi connectivity index (χ2n) is 7.89. The van der Waals surface area contributed by atoms with Gasteiger partial charge in [0.05, 0.1) is 12.6 Å². The fourth-order valence-electron chi connectivity index (χ4n) is 3.63. The lowest BCUT2D eigenvalue weighted by molar-refractivity contribution is -0.169. The largest absolute Gasteiger partial charge is 0.459 e. The first-order valence-corrected chi connectivity index (χ1v) is 8.54. The Morgan fingerprint density at radius 3 is 2.60 bits per heavy atom. The van der Waals surface area contributed by atoms with Crippen molar-refractivity contribution in [1.82, 2.24) is 4.90 Å². The Morgan fingerprint density at radius 2 is 2.00 bits per heavy atom. The molecule has 25 heavy (non-hydrogen) atoms. The van der Waals surface area contributed by atoms with Crippen molar-refractivity contribution >= 4 is 11.9 Å². The van der Waals surface area contributed by atoms with Gasteiger partial charge in [-0.15, -0.1) is 0 Å². The lowest BCUT2D eigenvalue weighted by Crippen LogP contribution is -2.44. The highest BCUT2D eigenvalue weighted by Gasteiger charge is 2.66. The van der Waals surface area contributed by atoms with E-state index >= 15 is 0 Å². The topological polar surface area (TPSA) is 76.1 Å². The molecule has 2 unspecified atom stereocenters. The van der Waals surface area contributed by atoms with Gasteiger partial charge in [-0.1, -0.05) is 30.3 Å². The number of ether oxygens (including phenoxy) is 2. The number of carbonyl (C=O) groups is 2. The van der Waals surface area contributed by atoms with E-state index in [1.54, 1.807) is 25.7 Å². The Hall–Kier alpha value is -1.92. The van der Waals surface area contributed by atoms with Gasteiger partial charge in [-0.3, -0.25) is 9.59 Å². The standard InChI is InChI=1S/C19H25NO5/c1-12(13-8-6-5-7-9-13)20-10-19(17(23)25-18(2,3)4)11-24-16(22)14(19)15(20)21/h5-9,12,14,16,22H,10-11H2,1-4H3/t12-,14?,16?,19+/m1/s1. The summed E-state index contributed by atoms with van der Waals surface area (Å²) in [6, 6.07) is 9.42. The summed E-state index contributed by atoms with van der Waals surface area (Å²) in [6.07, 6.45) is -1.28. The summed E-state index contributed by atoms with van der Waals surface area (Å²) in [5, 5.41) is 10.2. The van der Waals surface area contributed by atoms with Crippen LogP contribution < -0.4 is 0 Å². The molecular weight excluding hydrogens is 322 g/mol. The molecule has 2 fully saturated rings. The number of amides is 1. The highest BCUT2D eigenvalue weighted by atomic mass is 16.6. The summed E-state index contributed by atoms with van der Waals surface area (Å²) in [7, 11) is 0. The molecule has 3 rings (SSSR count). The zero-order chi connectivity index (χ0) is 18.4. The van der Waals surface area contributed by atoms with Crippen molar-refractivity contribution in [2.24, 2.45) is 11.3 Å². The quantitative estimate of drug-likeness (QED) is 0.845. The van der Waals surface area contributed by atoms with E-state index in [9.17, 15) is 14.7 Å². The van der Waals surface area contributed by atoms with E-state index in [0.29, 0.717) is 0 Å². The number of carbonyl (C=O) groups excluding carboxylic acids is 2. The average Bonchev–Trinajstić information content (AvgIpc) is 3.03. The van der Waals surface area contributed by atoms with Crippen molar-refractivity contribution in [3.63, 3.8) is 0 Å². The lowest BCUT2D eigenvalue weighted by Gasteiger charge is -2.30. The maximum atomic E-state index is 13.0. The molecule has 0 saturated carbocycles. The molecule has 0 bridgehead atoms. The van der Waals surface area contributed by atoms with Gasteiger partial charge in [-0.25, -0.2) is 0 Å². The number of esters is 1. The number of fused-ring (bicyclic) bond motifs is 1. The van der Waals surface area contributed by atoms with Gasteiger partial charge in [-0.2, -0.15) is 0 Å². The Morgan fingerprint density at radius 1 is 1.36 bits per heavy atom. The average molecular weight is 347 g/mol. The van der Waals surface area contributed by atoms with Crippen LogP contribution in [0.25, 0.3) is 0 Å². The lowest BCUT2D eigenvalue weighted by atomic mass is 9.80. The molecule has 6 heteroatoms. The van der Waals surface area contributed by atoms with Gasteiger partial charge in [0, 0.05) is 6.54 Å². The summed E-state index contributed by atoms with van der Waals surface area (Å²) in [4.78, 5) is 27.5. The van der Waals surface area contributed by atoms with Crippen molar-refractivity contribution in [2.75, 3.05) is 13.2 Å². The molecule has 136 valence electrons. The number of aliphatic hydroxyl groups is 1. The van der Waals surface area contributed by atoms with Gasteiger partial charge in [0.2, 0.25) is 5.91 Å². The maximum Gasteiger partial charge on any atom is 0.317 e. The third kappa shape index (κ3) is 3.04. The number of hydrogen-bond acceptors (Lipinski definition) is 5. The molecular formula is C19H25NO5. The highest BCUT2D eigenvalue weighted by molar-refractivity contribution is 5.93. The summed E-state index contributed by atoms with van der Waals surface area (Å²) < 4.78 is 10.8. The monoisotopic (exact) mass is 347 g/mol. The predicted octanol–water partition coefficient (Wildman–Crippen LogP) is 1.88. The van der Waals surface area contributed by atoms with Crippen molar-refractivity contribution in [3.8, 4) is 0 Å². The van der Waals surface area contributed by atoms with Crippen molar-refractivity contribution < 1.29 is 24.2 Å². The normalized spacial score (nSPS) is 30.3. The molecule has 0 radical (unpaired) electrons. The molecule has 2 aliphatic rings. The minimum absolute atomic E-state index is 0.0164. The summed E-state index contributed by atoms with van der Waals surface area (Å²) in [5.74, 6) is -1.68. The molecule has 1 aromatic rings. The number of rotatable bonds is 3. The molecule has 0 spiro atoms.